The van der Waals surface area contributed by atoms with E-state index in [0.29, 0.717) is 19.3 Å². The molecule has 1 atom stereocenters. The van der Waals surface area contributed by atoms with Crippen molar-refractivity contribution < 1.29 is 9.47 Å². The molecule has 1 unspecified atom stereocenters. The number of nitrogens with one attached hydrogen (secondary N) is 1. The van der Waals surface area contributed by atoms with Gasteiger partial charge in [-0.3, -0.25) is 0 Å². The van der Waals surface area contributed by atoms with Crippen LogP contribution in [0, 0.1) is 0 Å². The van der Waals surface area contributed by atoms with Crippen LogP contribution < -0.4 is 5.32 Å². The minimum absolute atomic E-state index is 0.0469. The van der Waals surface area contributed by atoms with Crippen molar-refractivity contribution in [1.29, 1.82) is 0 Å². The maximum absolute atomic E-state index is 5.98. The number of halogens is 1. The predicted octanol–water partition coefficient (Wildman–Crippen LogP) is 3.93. The molecule has 0 heterocycles. The van der Waals surface area contributed by atoms with Crippen LogP contribution >= 0.6 is 15.9 Å². The van der Waals surface area contributed by atoms with Gasteiger partial charge in [0.2, 0.25) is 0 Å². The molecule has 0 radical (unpaired) electrons. The molecule has 0 aromatic heterocycles. The Bertz CT molecular complexity index is 382. The smallest absolute Gasteiger partial charge is 0.0950 e. The Morgan fingerprint density at radius 3 is 2.40 bits per heavy atom. The van der Waals surface area contributed by atoms with Gasteiger partial charge in [-0.2, -0.15) is 0 Å². The molecular formula is C16H26BrNO2. The molecule has 0 spiro atoms. The molecule has 1 aromatic carbocycles. The van der Waals surface area contributed by atoms with Crippen molar-refractivity contribution in [2.45, 2.75) is 45.9 Å². The zero-order valence-corrected chi connectivity index (χ0v) is 14.4. The minimum Gasteiger partial charge on any atom is -0.376 e. The zero-order chi connectivity index (χ0) is 15.0. The molecule has 0 aliphatic rings. The topological polar surface area (TPSA) is 30.5 Å². The summed E-state index contributed by atoms with van der Waals surface area (Å²) in [6.45, 7) is 10.4. The van der Waals surface area contributed by atoms with E-state index in [4.69, 9.17) is 9.47 Å². The predicted molar refractivity (Wildman–Crippen MR) is 87.1 cm³/mol. The molecule has 0 saturated carbocycles. The first kappa shape index (κ1) is 17.6. The molecule has 1 aromatic rings. The Labute approximate surface area is 131 Å². The summed E-state index contributed by atoms with van der Waals surface area (Å²) in [6.07, 6.45) is 0.294. The highest BCUT2D eigenvalue weighted by molar-refractivity contribution is 9.10. The lowest BCUT2D eigenvalue weighted by molar-refractivity contribution is -0.0135. The van der Waals surface area contributed by atoms with E-state index in [2.05, 4.69) is 47.2 Å². The fourth-order valence-corrected chi connectivity index (χ4v) is 2.21. The second-order valence-corrected chi connectivity index (χ2v) is 6.31. The molecule has 0 fully saturated rings. The third-order valence-corrected chi connectivity index (χ3v) is 3.28. The van der Waals surface area contributed by atoms with Crippen LogP contribution in [0.5, 0.6) is 0 Å². The summed E-state index contributed by atoms with van der Waals surface area (Å²) >= 11 is 3.51. The van der Waals surface area contributed by atoms with Gasteiger partial charge in [0.1, 0.15) is 0 Å². The average molecular weight is 344 g/mol. The first-order valence-corrected chi connectivity index (χ1v) is 8.00. The van der Waals surface area contributed by atoms with Crippen molar-refractivity contribution in [3.05, 3.63) is 34.3 Å². The van der Waals surface area contributed by atoms with E-state index >= 15 is 0 Å². The van der Waals surface area contributed by atoms with Crippen LogP contribution in [0.2, 0.25) is 0 Å². The van der Waals surface area contributed by atoms with E-state index in [0.717, 1.165) is 11.0 Å². The van der Waals surface area contributed by atoms with Crippen LogP contribution in [0.4, 0.5) is 0 Å². The minimum atomic E-state index is 0.0469. The van der Waals surface area contributed by atoms with E-state index < -0.39 is 0 Å². The summed E-state index contributed by atoms with van der Waals surface area (Å²) in [4.78, 5) is 0. The summed E-state index contributed by atoms with van der Waals surface area (Å²) in [6, 6.07) is 8.71. The van der Waals surface area contributed by atoms with E-state index in [9.17, 15) is 0 Å². The lowest BCUT2D eigenvalue weighted by Crippen LogP contribution is -2.29. The maximum atomic E-state index is 5.98. The molecule has 0 bridgehead atoms. The highest BCUT2D eigenvalue weighted by Gasteiger charge is 2.13. The highest BCUT2D eigenvalue weighted by atomic mass is 79.9. The van der Waals surface area contributed by atoms with Crippen LogP contribution in [0.1, 0.15) is 39.4 Å². The third-order valence-electron chi connectivity index (χ3n) is 2.79. The fourth-order valence-electron chi connectivity index (χ4n) is 1.80. The molecule has 0 amide bonds. The van der Waals surface area contributed by atoms with E-state index in [1.165, 1.54) is 5.56 Å². The number of rotatable bonds is 9. The molecule has 0 saturated heterocycles. The van der Waals surface area contributed by atoms with Crippen molar-refractivity contribution in [2.24, 2.45) is 0 Å². The Morgan fingerprint density at radius 1 is 1.10 bits per heavy atom. The molecule has 1 rings (SSSR count). The van der Waals surface area contributed by atoms with Gasteiger partial charge in [-0.1, -0.05) is 41.9 Å². The van der Waals surface area contributed by atoms with Gasteiger partial charge in [0.25, 0.3) is 0 Å². The molecule has 114 valence electrons. The van der Waals surface area contributed by atoms with Crippen LogP contribution in [-0.2, 0) is 9.47 Å². The summed E-state index contributed by atoms with van der Waals surface area (Å²) in [5.74, 6) is 0. The molecule has 4 heteroatoms. The van der Waals surface area contributed by atoms with Crippen molar-refractivity contribution >= 4 is 15.9 Å². The van der Waals surface area contributed by atoms with E-state index in [1.807, 2.05) is 26.0 Å². The number of hydrogen-bond donors (Lipinski definition) is 1. The normalized spacial score (nSPS) is 13.2. The van der Waals surface area contributed by atoms with E-state index in [-0.39, 0.29) is 12.2 Å². The quantitative estimate of drug-likeness (QED) is 0.689. The monoisotopic (exact) mass is 343 g/mol. The Kier molecular flexibility index (Phi) is 8.38. The molecule has 0 aliphatic heterocycles. The number of benzene rings is 1. The molecular weight excluding hydrogens is 318 g/mol. The third kappa shape index (κ3) is 7.39. The Balaban J connectivity index is 2.55. The van der Waals surface area contributed by atoms with Gasteiger partial charge in [0.15, 0.2) is 0 Å². The second-order valence-electron chi connectivity index (χ2n) is 5.40. The second kappa shape index (κ2) is 9.50. The van der Waals surface area contributed by atoms with Crippen LogP contribution in [0.15, 0.2) is 28.7 Å². The van der Waals surface area contributed by atoms with Crippen molar-refractivity contribution in [1.82, 2.24) is 5.32 Å². The number of hydrogen-bond acceptors (Lipinski definition) is 3. The molecule has 3 nitrogen and oxygen atoms in total. The van der Waals surface area contributed by atoms with E-state index in [1.54, 1.807) is 0 Å². The van der Waals surface area contributed by atoms with Gasteiger partial charge in [0.05, 0.1) is 25.4 Å². The molecule has 0 aliphatic carbocycles. The van der Waals surface area contributed by atoms with Gasteiger partial charge in [-0.15, -0.1) is 0 Å². The first-order chi connectivity index (χ1) is 9.49. The Hall–Kier alpha value is -0.420. The zero-order valence-electron chi connectivity index (χ0n) is 12.9. The Morgan fingerprint density at radius 2 is 1.80 bits per heavy atom. The summed E-state index contributed by atoms with van der Waals surface area (Å²) in [7, 11) is 0. The molecule has 20 heavy (non-hydrogen) atoms. The van der Waals surface area contributed by atoms with Gasteiger partial charge in [-0.25, -0.2) is 0 Å². The summed E-state index contributed by atoms with van der Waals surface area (Å²) in [5.41, 5.74) is 1.18. The van der Waals surface area contributed by atoms with Gasteiger partial charge in [0, 0.05) is 17.1 Å². The maximum Gasteiger partial charge on any atom is 0.0950 e. The standard InChI is InChI=1S/C16H26BrNO2/c1-12(2)18-11-16(20-9-8-19-13(3)4)14-6-5-7-15(17)10-14/h5-7,10,12-13,16,18H,8-9,11H2,1-4H3. The first-order valence-electron chi connectivity index (χ1n) is 7.21. The van der Waals surface area contributed by atoms with Gasteiger partial charge >= 0.3 is 0 Å². The molecule has 1 N–H and O–H groups in total. The van der Waals surface area contributed by atoms with Crippen molar-refractivity contribution in [3.8, 4) is 0 Å². The largest absolute Gasteiger partial charge is 0.376 e. The lowest BCUT2D eigenvalue weighted by atomic mass is 10.1. The highest BCUT2D eigenvalue weighted by Crippen LogP contribution is 2.21. The lowest BCUT2D eigenvalue weighted by Gasteiger charge is -2.21. The van der Waals surface area contributed by atoms with Crippen LogP contribution in [-0.4, -0.2) is 31.9 Å². The van der Waals surface area contributed by atoms with Gasteiger partial charge in [-0.05, 0) is 31.5 Å². The fraction of sp³-hybridized carbons (Fsp3) is 0.625. The average Bonchev–Trinajstić information content (AvgIpc) is 2.37. The van der Waals surface area contributed by atoms with Crippen LogP contribution in [0.25, 0.3) is 0 Å². The van der Waals surface area contributed by atoms with Gasteiger partial charge < -0.3 is 14.8 Å². The van der Waals surface area contributed by atoms with Crippen molar-refractivity contribution in [2.75, 3.05) is 19.8 Å². The summed E-state index contributed by atoms with van der Waals surface area (Å²) < 4.78 is 12.6. The van der Waals surface area contributed by atoms with Crippen molar-refractivity contribution in [3.63, 3.8) is 0 Å². The summed E-state index contributed by atoms with van der Waals surface area (Å²) in [5, 5.41) is 3.43. The number of ether oxygens (including phenoxy) is 2. The van der Waals surface area contributed by atoms with Crippen LogP contribution in [0.3, 0.4) is 0 Å². The SMILES string of the molecule is CC(C)NCC(OCCOC(C)C)c1cccc(Br)c1.